The summed E-state index contributed by atoms with van der Waals surface area (Å²) in [5.41, 5.74) is 6.26. The molecule has 3 heterocycles. The van der Waals surface area contributed by atoms with E-state index in [0.29, 0.717) is 10.8 Å². The van der Waals surface area contributed by atoms with E-state index in [1.54, 1.807) is 0 Å². The van der Waals surface area contributed by atoms with Crippen LogP contribution in [-0.4, -0.2) is 34.3 Å². The topological polar surface area (TPSA) is 71.4 Å². The van der Waals surface area contributed by atoms with E-state index >= 15 is 0 Å². The molecule has 2 aromatic heterocycles. The fourth-order valence-corrected chi connectivity index (χ4v) is 4.94. The predicted molar refractivity (Wildman–Crippen MR) is 134 cm³/mol. The molecule has 0 radical (unpaired) electrons. The molecule has 1 aliphatic rings. The average Bonchev–Trinajstić information content (AvgIpc) is 3.30. The van der Waals surface area contributed by atoms with Crippen LogP contribution in [0.25, 0.3) is 0 Å². The van der Waals surface area contributed by atoms with Crippen LogP contribution in [-0.2, 0) is 16.1 Å². The van der Waals surface area contributed by atoms with Crippen molar-refractivity contribution < 1.29 is 9.53 Å². The van der Waals surface area contributed by atoms with Gasteiger partial charge in [-0.2, -0.15) is 0 Å². The number of benzene rings is 1. The highest BCUT2D eigenvalue weighted by Gasteiger charge is 2.42. The second kappa shape index (κ2) is 9.72. The molecule has 1 aromatic carbocycles. The zero-order valence-corrected chi connectivity index (χ0v) is 20.1. The van der Waals surface area contributed by atoms with Crippen LogP contribution in [0.4, 0.5) is 11.4 Å². The molecule has 2 atom stereocenters. The van der Waals surface area contributed by atoms with Gasteiger partial charge in [0.25, 0.3) is 0 Å². The quantitative estimate of drug-likeness (QED) is 0.510. The number of rotatable bonds is 7. The molecule has 1 saturated heterocycles. The molecule has 2 N–H and O–H groups in total. The lowest BCUT2D eigenvalue weighted by Crippen LogP contribution is -2.29. The summed E-state index contributed by atoms with van der Waals surface area (Å²) in [6.45, 7) is 7.38. The number of hydrogen-bond donors (Lipinski definition) is 2. The lowest BCUT2D eigenvalue weighted by Gasteiger charge is -2.28. The van der Waals surface area contributed by atoms with Gasteiger partial charge in [0.1, 0.15) is 6.61 Å². The van der Waals surface area contributed by atoms with Crippen LogP contribution in [0.5, 0.6) is 0 Å². The molecule has 4 rings (SSSR count). The van der Waals surface area contributed by atoms with Gasteiger partial charge in [-0.05, 0) is 81.0 Å². The van der Waals surface area contributed by atoms with Crippen molar-refractivity contribution in [3.63, 3.8) is 0 Å². The van der Waals surface area contributed by atoms with Crippen LogP contribution in [0.15, 0.2) is 54.7 Å². The van der Waals surface area contributed by atoms with Crippen molar-refractivity contribution in [2.45, 2.75) is 39.4 Å². The molecular weight excluding hydrogens is 434 g/mol. The maximum atomic E-state index is 11.9. The Morgan fingerprint density at radius 3 is 2.58 bits per heavy atom. The van der Waals surface area contributed by atoms with E-state index in [0.717, 1.165) is 17.9 Å². The average molecular weight is 464 g/mol. The second-order valence-corrected chi connectivity index (χ2v) is 8.48. The normalized spacial score (nSPS) is 17.8. The van der Waals surface area contributed by atoms with E-state index in [1.165, 1.54) is 24.1 Å². The lowest BCUT2D eigenvalue weighted by molar-refractivity contribution is -0.119. The van der Waals surface area contributed by atoms with Gasteiger partial charge in [0.05, 0.1) is 17.8 Å². The standard InChI is InChI=1S/C25H29N5O2S/c1-5-29-16(2)14-20(17(29)3)24-23(21-8-6-7-13-26-21)28-25(33)30(24)19-11-9-18(10-12-19)27-22(31)15-32-4/h6-14,23-24H,5,15H2,1-4H3,(H,27,31)(H,28,33)/t23-,24+/m1/s1. The van der Waals surface area contributed by atoms with Gasteiger partial charge in [0.15, 0.2) is 5.11 Å². The summed E-state index contributed by atoms with van der Waals surface area (Å²) in [7, 11) is 1.50. The van der Waals surface area contributed by atoms with Gasteiger partial charge in [-0.1, -0.05) is 6.07 Å². The highest BCUT2D eigenvalue weighted by atomic mass is 32.1. The Hall–Kier alpha value is -3.23. The van der Waals surface area contributed by atoms with E-state index in [1.807, 2.05) is 48.7 Å². The number of thiocarbonyl (C=S) groups is 1. The molecule has 8 heteroatoms. The van der Waals surface area contributed by atoms with Crippen molar-refractivity contribution in [3.05, 3.63) is 77.4 Å². The molecule has 3 aromatic rings. The highest BCUT2D eigenvalue weighted by Crippen LogP contribution is 2.43. The molecule has 33 heavy (non-hydrogen) atoms. The first-order chi connectivity index (χ1) is 15.9. The molecule has 0 saturated carbocycles. The summed E-state index contributed by atoms with van der Waals surface area (Å²) >= 11 is 5.82. The summed E-state index contributed by atoms with van der Waals surface area (Å²) in [5.74, 6) is -0.191. The number of nitrogens with one attached hydrogen (secondary N) is 2. The summed E-state index contributed by atoms with van der Waals surface area (Å²) < 4.78 is 7.21. The lowest BCUT2D eigenvalue weighted by atomic mass is 9.96. The van der Waals surface area contributed by atoms with Gasteiger partial charge >= 0.3 is 0 Å². The number of hydrogen-bond acceptors (Lipinski definition) is 4. The van der Waals surface area contributed by atoms with Crippen LogP contribution in [0.3, 0.4) is 0 Å². The van der Waals surface area contributed by atoms with Gasteiger partial charge in [-0.15, -0.1) is 0 Å². The highest BCUT2D eigenvalue weighted by molar-refractivity contribution is 7.80. The number of nitrogens with zero attached hydrogens (tertiary/aromatic N) is 3. The number of methoxy groups -OCH3 is 1. The fraction of sp³-hybridized carbons (Fsp3) is 0.320. The monoisotopic (exact) mass is 463 g/mol. The molecule has 0 spiro atoms. The minimum atomic E-state index is -0.191. The van der Waals surface area contributed by atoms with Crippen molar-refractivity contribution in [1.82, 2.24) is 14.9 Å². The first-order valence-corrected chi connectivity index (χ1v) is 11.4. The Labute approximate surface area is 199 Å². The molecule has 0 bridgehead atoms. The Morgan fingerprint density at radius 2 is 1.97 bits per heavy atom. The summed E-state index contributed by atoms with van der Waals surface area (Å²) in [6, 6.07) is 15.8. The van der Waals surface area contributed by atoms with E-state index in [9.17, 15) is 4.79 Å². The molecule has 0 aliphatic carbocycles. The maximum absolute atomic E-state index is 11.9. The van der Waals surface area contributed by atoms with E-state index in [-0.39, 0.29) is 24.6 Å². The number of anilines is 2. The SMILES string of the molecule is CCn1c(C)cc([C@H]2[C@@H](c3ccccn3)NC(=S)N2c2ccc(NC(=O)COC)cc2)c1C. The first-order valence-electron chi connectivity index (χ1n) is 11.0. The smallest absolute Gasteiger partial charge is 0.250 e. The van der Waals surface area contributed by atoms with Crippen molar-refractivity contribution >= 4 is 34.6 Å². The van der Waals surface area contributed by atoms with Crippen LogP contribution >= 0.6 is 12.2 Å². The Kier molecular flexibility index (Phi) is 6.76. The molecule has 1 fully saturated rings. The third-order valence-electron chi connectivity index (χ3n) is 6.05. The fourth-order valence-electron chi connectivity index (χ4n) is 4.60. The van der Waals surface area contributed by atoms with Gasteiger partial charge in [0, 0.05) is 42.6 Å². The van der Waals surface area contributed by atoms with Crippen molar-refractivity contribution in [1.29, 1.82) is 0 Å². The van der Waals surface area contributed by atoms with Crippen LogP contribution in [0.2, 0.25) is 0 Å². The molecule has 172 valence electrons. The maximum Gasteiger partial charge on any atom is 0.250 e. The minimum Gasteiger partial charge on any atom is -0.375 e. The number of carbonyl (C=O) groups excluding carboxylic acids is 1. The number of carbonyl (C=O) groups is 1. The summed E-state index contributed by atoms with van der Waals surface area (Å²) in [4.78, 5) is 18.6. The molecule has 0 unspecified atom stereocenters. The van der Waals surface area contributed by atoms with Crippen molar-refractivity contribution in [3.8, 4) is 0 Å². The van der Waals surface area contributed by atoms with Crippen LogP contribution in [0, 0.1) is 13.8 Å². The van der Waals surface area contributed by atoms with E-state index in [2.05, 4.69) is 51.9 Å². The van der Waals surface area contributed by atoms with Gasteiger partial charge in [0.2, 0.25) is 5.91 Å². The zero-order valence-electron chi connectivity index (χ0n) is 19.3. The van der Waals surface area contributed by atoms with Crippen molar-refractivity contribution in [2.24, 2.45) is 0 Å². The van der Waals surface area contributed by atoms with Crippen molar-refractivity contribution in [2.75, 3.05) is 23.9 Å². The first kappa shape index (κ1) is 22.9. The Balaban J connectivity index is 1.74. The largest absolute Gasteiger partial charge is 0.375 e. The number of aryl methyl sites for hydroxylation is 1. The molecule has 1 aliphatic heterocycles. The van der Waals surface area contributed by atoms with Crippen LogP contribution < -0.4 is 15.5 Å². The summed E-state index contributed by atoms with van der Waals surface area (Å²) in [5, 5.41) is 6.98. The number of ether oxygens (including phenoxy) is 1. The third kappa shape index (κ3) is 4.49. The third-order valence-corrected chi connectivity index (χ3v) is 6.36. The Bertz CT molecular complexity index is 1140. The number of pyridine rings is 1. The Morgan fingerprint density at radius 1 is 1.21 bits per heavy atom. The second-order valence-electron chi connectivity index (χ2n) is 8.10. The zero-order chi connectivity index (χ0) is 23.5. The van der Waals surface area contributed by atoms with E-state index in [4.69, 9.17) is 17.0 Å². The predicted octanol–water partition coefficient (Wildman–Crippen LogP) is 4.28. The molecule has 7 nitrogen and oxygen atoms in total. The van der Waals surface area contributed by atoms with Gasteiger partial charge in [-0.25, -0.2) is 0 Å². The summed E-state index contributed by atoms with van der Waals surface area (Å²) in [6.07, 6.45) is 1.81. The van der Waals surface area contributed by atoms with E-state index < -0.39 is 0 Å². The van der Waals surface area contributed by atoms with Gasteiger partial charge in [-0.3, -0.25) is 9.78 Å². The number of amides is 1. The molecular formula is C25H29N5O2S. The number of aromatic nitrogens is 2. The van der Waals surface area contributed by atoms with Crippen LogP contribution in [0.1, 0.15) is 41.7 Å². The molecule has 1 amide bonds. The van der Waals surface area contributed by atoms with Gasteiger partial charge < -0.3 is 24.8 Å². The minimum absolute atomic E-state index is 0.0166.